The van der Waals surface area contributed by atoms with Crippen LogP contribution in [0, 0.1) is 0 Å². The van der Waals surface area contributed by atoms with Gasteiger partial charge in [0, 0.05) is 25.0 Å². The van der Waals surface area contributed by atoms with E-state index in [0.29, 0.717) is 30.5 Å². The molecule has 0 spiro atoms. The van der Waals surface area contributed by atoms with Crippen LogP contribution in [0.25, 0.3) is 0 Å². The average Bonchev–Trinajstić information content (AvgIpc) is 2.56. The summed E-state index contributed by atoms with van der Waals surface area (Å²) in [5, 5.41) is 0. The molecule has 0 aromatic heterocycles. The van der Waals surface area contributed by atoms with Crippen molar-refractivity contribution in [3.05, 3.63) is 0 Å². The van der Waals surface area contributed by atoms with Gasteiger partial charge in [0.05, 0.1) is 43.9 Å². The van der Waals surface area contributed by atoms with Crippen molar-refractivity contribution in [3.8, 4) is 0 Å². The van der Waals surface area contributed by atoms with Gasteiger partial charge in [0.2, 0.25) is 0 Å². The molecule has 0 unspecified atom stereocenters. The lowest BCUT2D eigenvalue weighted by Crippen LogP contribution is -2.42. The van der Waals surface area contributed by atoms with Crippen molar-refractivity contribution < 1.29 is 27.0 Å². The number of unbranched alkanes of at least 4 members (excludes halogenated alkanes) is 8. The van der Waals surface area contributed by atoms with E-state index in [1.165, 1.54) is 44.9 Å². The highest BCUT2D eigenvalue weighted by molar-refractivity contribution is 7.85. The van der Waals surface area contributed by atoms with Crippen molar-refractivity contribution in [1.82, 2.24) is 0 Å². The van der Waals surface area contributed by atoms with Gasteiger partial charge < -0.3 is 13.8 Å². The highest BCUT2D eigenvalue weighted by Gasteiger charge is 2.15. The Balaban J connectivity index is 3.54. The molecular formula is C20H41NO5S. The number of rotatable bonds is 18. The molecule has 0 aliphatic rings. The maximum atomic E-state index is 11.7. The van der Waals surface area contributed by atoms with E-state index >= 15 is 0 Å². The van der Waals surface area contributed by atoms with E-state index in [4.69, 9.17) is 4.74 Å². The lowest BCUT2D eigenvalue weighted by atomic mass is 10.1. The van der Waals surface area contributed by atoms with Gasteiger partial charge >= 0.3 is 5.97 Å². The minimum atomic E-state index is -4.13. The van der Waals surface area contributed by atoms with Crippen molar-refractivity contribution in [1.29, 1.82) is 0 Å². The van der Waals surface area contributed by atoms with Crippen LogP contribution in [0.1, 0.15) is 84.0 Å². The number of quaternary nitrogens is 1. The van der Waals surface area contributed by atoms with Gasteiger partial charge in [-0.15, -0.1) is 0 Å². The maximum Gasteiger partial charge on any atom is 0.305 e. The molecular weight excluding hydrogens is 366 g/mol. The first-order valence-corrected chi connectivity index (χ1v) is 12.2. The number of hydrogen-bond donors (Lipinski definition) is 0. The van der Waals surface area contributed by atoms with E-state index < -0.39 is 10.1 Å². The molecule has 0 atom stereocenters. The Morgan fingerprint density at radius 2 is 1.37 bits per heavy atom. The highest BCUT2D eigenvalue weighted by atomic mass is 32.2. The van der Waals surface area contributed by atoms with Gasteiger partial charge in [-0.1, -0.05) is 58.3 Å². The van der Waals surface area contributed by atoms with Crippen LogP contribution in [0.15, 0.2) is 0 Å². The topological polar surface area (TPSA) is 83.5 Å². The summed E-state index contributed by atoms with van der Waals surface area (Å²) in [4.78, 5) is 11.7. The standard InChI is InChI=1S/C20H41NO5S/c1-4-5-6-7-8-9-10-11-12-15-20(22)26-18-13-16-21(2,3)17-14-19-27(23,24)25/h4-19H2,1-3H3. The number of esters is 1. The summed E-state index contributed by atoms with van der Waals surface area (Å²) in [7, 11) is -0.158. The summed E-state index contributed by atoms with van der Waals surface area (Å²) < 4.78 is 37.8. The zero-order chi connectivity index (χ0) is 20.6. The summed E-state index contributed by atoms with van der Waals surface area (Å²) in [6, 6.07) is 0. The summed E-state index contributed by atoms with van der Waals surface area (Å²) in [6.07, 6.45) is 12.6. The summed E-state index contributed by atoms with van der Waals surface area (Å²) in [5.74, 6) is -0.441. The maximum absolute atomic E-state index is 11.7. The molecule has 0 rings (SSSR count). The summed E-state index contributed by atoms with van der Waals surface area (Å²) in [5.41, 5.74) is 0. The lowest BCUT2D eigenvalue weighted by Gasteiger charge is -2.30. The molecule has 0 fully saturated rings. The Hall–Kier alpha value is -0.660. The van der Waals surface area contributed by atoms with Crippen LogP contribution < -0.4 is 0 Å². The molecule has 0 aromatic carbocycles. The number of carbonyl (C=O) groups is 1. The molecule has 0 saturated heterocycles. The van der Waals surface area contributed by atoms with Crippen molar-refractivity contribution in [2.45, 2.75) is 84.0 Å². The molecule has 0 bridgehead atoms. The molecule has 0 radical (unpaired) electrons. The van der Waals surface area contributed by atoms with Gasteiger partial charge in [-0.3, -0.25) is 4.79 Å². The third kappa shape index (κ3) is 19.9. The fraction of sp³-hybridized carbons (Fsp3) is 0.950. The molecule has 162 valence electrons. The fourth-order valence-corrected chi connectivity index (χ4v) is 3.59. The van der Waals surface area contributed by atoms with Crippen LogP contribution in [0.2, 0.25) is 0 Å². The van der Waals surface area contributed by atoms with Gasteiger partial charge in [-0.05, 0) is 6.42 Å². The molecule has 0 N–H and O–H groups in total. The SMILES string of the molecule is CCCCCCCCCCCC(=O)OCCC[N+](C)(C)CCCS(=O)(=O)[O-]. The van der Waals surface area contributed by atoms with E-state index in [9.17, 15) is 17.8 Å². The second-order valence-corrected chi connectivity index (χ2v) is 9.67. The van der Waals surface area contributed by atoms with Crippen LogP contribution in [0.3, 0.4) is 0 Å². The predicted molar refractivity (Wildman–Crippen MR) is 108 cm³/mol. The Bertz CT molecular complexity index is 477. The van der Waals surface area contributed by atoms with E-state index in [-0.39, 0.29) is 11.7 Å². The van der Waals surface area contributed by atoms with Gasteiger partial charge in [-0.2, -0.15) is 0 Å². The molecule has 0 aliphatic heterocycles. The second-order valence-electron chi connectivity index (χ2n) is 8.15. The van der Waals surface area contributed by atoms with Gasteiger partial charge in [0.15, 0.2) is 0 Å². The first-order chi connectivity index (χ1) is 12.7. The normalized spacial score (nSPS) is 12.3. The van der Waals surface area contributed by atoms with Crippen LogP contribution in [0.5, 0.6) is 0 Å². The molecule has 0 aliphatic carbocycles. The Labute approximate surface area is 167 Å². The Morgan fingerprint density at radius 3 is 1.93 bits per heavy atom. The fourth-order valence-electron chi connectivity index (χ4n) is 3.11. The van der Waals surface area contributed by atoms with Gasteiger partial charge in [-0.25, -0.2) is 8.42 Å². The zero-order valence-electron chi connectivity index (χ0n) is 17.7. The molecule has 27 heavy (non-hydrogen) atoms. The molecule has 6 nitrogen and oxygen atoms in total. The molecule has 0 heterocycles. The smallest absolute Gasteiger partial charge is 0.305 e. The first-order valence-electron chi connectivity index (χ1n) is 10.6. The molecule has 7 heteroatoms. The quantitative estimate of drug-likeness (QED) is 0.149. The van der Waals surface area contributed by atoms with Crippen molar-refractivity contribution >= 4 is 16.1 Å². The number of nitrogens with zero attached hydrogens (tertiary/aromatic N) is 1. The van der Waals surface area contributed by atoms with E-state index in [2.05, 4.69) is 6.92 Å². The van der Waals surface area contributed by atoms with Crippen LogP contribution in [-0.4, -0.2) is 63.0 Å². The lowest BCUT2D eigenvalue weighted by molar-refractivity contribution is -0.890. The first kappa shape index (κ1) is 26.3. The van der Waals surface area contributed by atoms with Crippen molar-refractivity contribution in [2.24, 2.45) is 0 Å². The predicted octanol–water partition coefficient (Wildman–Crippen LogP) is 3.85. The monoisotopic (exact) mass is 407 g/mol. The summed E-state index contributed by atoms with van der Waals surface area (Å²) >= 11 is 0. The van der Waals surface area contributed by atoms with E-state index in [0.717, 1.165) is 25.8 Å². The van der Waals surface area contributed by atoms with E-state index in [1.54, 1.807) is 0 Å². The van der Waals surface area contributed by atoms with Crippen LogP contribution in [0.4, 0.5) is 0 Å². The summed E-state index contributed by atoms with van der Waals surface area (Å²) in [6.45, 7) is 4.03. The van der Waals surface area contributed by atoms with Gasteiger partial charge in [0.25, 0.3) is 0 Å². The highest BCUT2D eigenvalue weighted by Crippen LogP contribution is 2.11. The van der Waals surface area contributed by atoms with Crippen molar-refractivity contribution in [3.63, 3.8) is 0 Å². The Kier molecular flexibility index (Phi) is 14.9. The number of hydrogen-bond acceptors (Lipinski definition) is 5. The average molecular weight is 408 g/mol. The number of carbonyl (C=O) groups excluding carboxylic acids is 1. The van der Waals surface area contributed by atoms with E-state index in [1.807, 2.05) is 14.1 Å². The minimum Gasteiger partial charge on any atom is -0.748 e. The van der Waals surface area contributed by atoms with Crippen LogP contribution >= 0.6 is 0 Å². The molecule has 0 saturated carbocycles. The molecule has 0 aromatic rings. The zero-order valence-corrected chi connectivity index (χ0v) is 18.5. The third-order valence-corrected chi connectivity index (χ3v) is 5.60. The third-order valence-electron chi connectivity index (χ3n) is 4.81. The number of ether oxygens (including phenoxy) is 1. The largest absolute Gasteiger partial charge is 0.748 e. The minimum absolute atomic E-state index is 0.124. The van der Waals surface area contributed by atoms with Gasteiger partial charge in [0.1, 0.15) is 0 Å². The van der Waals surface area contributed by atoms with Crippen molar-refractivity contribution in [2.75, 3.05) is 39.5 Å². The van der Waals surface area contributed by atoms with Crippen LogP contribution in [-0.2, 0) is 19.6 Å². The molecule has 0 amide bonds. The Morgan fingerprint density at radius 1 is 0.852 bits per heavy atom. The second kappa shape index (κ2) is 15.3.